The summed E-state index contributed by atoms with van der Waals surface area (Å²) in [5.41, 5.74) is 0.912. The highest BCUT2D eigenvalue weighted by atomic mass is 31.2. The first kappa shape index (κ1) is 16.4. The molecule has 3 aliphatic rings. The van der Waals surface area contributed by atoms with Gasteiger partial charge in [0.25, 0.3) is 0 Å². The van der Waals surface area contributed by atoms with Gasteiger partial charge >= 0.3 is 0 Å². The highest BCUT2D eigenvalue weighted by Gasteiger charge is 2.33. The van der Waals surface area contributed by atoms with Gasteiger partial charge < -0.3 is 4.57 Å². The van der Waals surface area contributed by atoms with Crippen LogP contribution in [0.1, 0.15) is 19.8 Å². The SMILES string of the molecule is C/C(=C\P(=O)(c1ccccc1)c1ccccc1)N1OC2C=CC1CC2. The Morgan fingerprint density at radius 3 is 2.04 bits per heavy atom. The van der Waals surface area contributed by atoms with Gasteiger partial charge in [-0.2, -0.15) is 0 Å². The van der Waals surface area contributed by atoms with E-state index in [1.807, 2.05) is 78.5 Å². The van der Waals surface area contributed by atoms with Gasteiger partial charge in [-0.3, -0.25) is 9.90 Å². The van der Waals surface area contributed by atoms with Crippen molar-refractivity contribution in [3.63, 3.8) is 0 Å². The molecule has 0 radical (unpaired) electrons. The molecule has 25 heavy (non-hydrogen) atoms. The van der Waals surface area contributed by atoms with Crippen molar-refractivity contribution < 1.29 is 9.40 Å². The average molecular weight is 351 g/mol. The number of rotatable bonds is 4. The monoisotopic (exact) mass is 351 g/mol. The van der Waals surface area contributed by atoms with Crippen molar-refractivity contribution in [1.82, 2.24) is 5.06 Å². The molecule has 3 nitrogen and oxygen atoms in total. The van der Waals surface area contributed by atoms with Crippen molar-refractivity contribution in [3.05, 3.63) is 84.3 Å². The molecule has 0 saturated carbocycles. The molecule has 2 heterocycles. The van der Waals surface area contributed by atoms with Crippen molar-refractivity contribution >= 4 is 17.8 Å². The van der Waals surface area contributed by atoms with Crippen LogP contribution in [0.25, 0.3) is 0 Å². The average Bonchev–Trinajstić information content (AvgIpc) is 2.70. The number of nitrogens with zero attached hydrogens (tertiary/aromatic N) is 1. The molecule has 1 saturated heterocycles. The minimum Gasteiger partial charge on any atom is -0.309 e. The van der Waals surface area contributed by atoms with E-state index in [2.05, 4.69) is 12.2 Å². The number of hydrogen-bond acceptors (Lipinski definition) is 3. The first-order valence-corrected chi connectivity index (χ1v) is 10.5. The van der Waals surface area contributed by atoms with E-state index in [0.29, 0.717) is 0 Å². The van der Waals surface area contributed by atoms with Crippen LogP contribution in [0.5, 0.6) is 0 Å². The Hall–Kier alpha value is -2.09. The van der Waals surface area contributed by atoms with E-state index in [1.54, 1.807) is 0 Å². The summed E-state index contributed by atoms with van der Waals surface area (Å²) in [5, 5.41) is 3.63. The summed E-state index contributed by atoms with van der Waals surface area (Å²) in [4.78, 5) is 6.02. The van der Waals surface area contributed by atoms with Crippen LogP contribution < -0.4 is 10.6 Å². The second-order valence-electron chi connectivity index (χ2n) is 6.60. The Labute approximate surface area is 148 Å². The van der Waals surface area contributed by atoms with Gasteiger partial charge in [0, 0.05) is 22.1 Å². The zero-order valence-electron chi connectivity index (χ0n) is 14.3. The van der Waals surface area contributed by atoms with E-state index in [-0.39, 0.29) is 12.1 Å². The van der Waals surface area contributed by atoms with Gasteiger partial charge in [0.2, 0.25) is 0 Å². The molecular formula is C21H22NO2P. The minimum absolute atomic E-state index is 0.140. The van der Waals surface area contributed by atoms with Crippen LogP contribution in [0.4, 0.5) is 0 Å². The van der Waals surface area contributed by atoms with Crippen LogP contribution in [-0.4, -0.2) is 17.2 Å². The predicted molar refractivity (Wildman–Crippen MR) is 102 cm³/mol. The highest BCUT2D eigenvalue weighted by molar-refractivity contribution is 7.81. The fourth-order valence-electron chi connectivity index (χ4n) is 3.55. The van der Waals surface area contributed by atoms with Crippen LogP contribution in [0.2, 0.25) is 0 Å². The normalized spacial score (nSPS) is 23.1. The fraction of sp³-hybridized carbons (Fsp3) is 0.238. The van der Waals surface area contributed by atoms with Crippen LogP contribution in [0.3, 0.4) is 0 Å². The first-order chi connectivity index (χ1) is 12.2. The quantitative estimate of drug-likeness (QED) is 0.611. The van der Waals surface area contributed by atoms with Crippen molar-refractivity contribution in [3.8, 4) is 0 Å². The summed E-state index contributed by atoms with van der Waals surface area (Å²) < 4.78 is 14.1. The third kappa shape index (κ3) is 3.10. The van der Waals surface area contributed by atoms with Gasteiger partial charge in [-0.05, 0) is 19.8 Å². The maximum Gasteiger partial charge on any atom is 0.165 e. The summed E-state index contributed by atoms with van der Waals surface area (Å²) in [6.07, 6.45) is 6.60. The Morgan fingerprint density at radius 1 is 1.00 bits per heavy atom. The fourth-order valence-corrected chi connectivity index (χ4v) is 6.02. The molecule has 128 valence electrons. The summed E-state index contributed by atoms with van der Waals surface area (Å²) >= 11 is 0. The second kappa shape index (κ2) is 6.67. The molecule has 2 aromatic carbocycles. The molecule has 2 bridgehead atoms. The molecule has 2 aliphatic heterocycles. The third-order valence-corrected chi connectivity index (χ3v) is 7.71. The van der Waals surface area contributed by atoms with Crippen molar-refractivity contribution in [2.24, 2.45) is 0 Å². The zero-order valence-corrected chi connectivity index (χ0v) is 15.2. The highest BCUT2D eigenvalue weighted by Crippen LogP contribution is 2.47. The van der Waals surface area contributed by atoms with Crippen LogP contribution in [0, 0.1) is 0 Å². The van der Waals surface area contributed by atoms with Crippen molar-refractivity contribution in [1.29, 1.82) is 0 Å². The Morgan fingerprint density at radius 2 is 1.60 bits per heavy atom. The van der Waals surface area contributed by atoms with Gasteiger partial charge in [-0.1, -0.05) is 72.8 Å². The van der Waals surface area contributed by atoms with E-state index in [1.165, 1.54) is 0 Å². The third-order valence-electron chi connectivity index (χ3n) is 4.84. The van der Waals surface area contributed by atoms with E-state index < -0.39 is 7.14 Å². The second-order valence-corrected chi connectivity index (χ2v) is 9.21. The molecule has 0 N–H and O–H groups in total. The van der Waals surface area contributed by atoms with Crippen LogP contribution >= 0.6 is 7.14 Å². The Kier molecular flexibility index (Phi) is 4.37. The molecule has 4 heteroatoms. The zero-order chi connectivity index (χ0) is 17.3. The Balaban J connectivity index is 1.77. The number of benzene rings is 2. The largest absolute Gasteiger partial charge is 0.309 e. The van der Waals surface area contributed by atoms with Crippen LogP contribution in [0.15, 0.2) is 84.3 Å². The van der Waals surface area contributed by atoms with E-state index >= 15 is 0 Å². The van der Waals surface area contributed by atoms with E-state index in [4.69, 9.17) is 4.84 Å². The van der Waals surface area contributed by atoms with Crippen molar-refractivity contribution in [2.45, 2.75) is 31.9 Å². The summed E-state index contributed by atoms with van der Waals surface area (Å²) in [5.74, 6) is 1.91. The standard InChI is InChI=1S/C21H22NO2P/c1-17(22-18-12-14-19(24-22)15-13-18)16-25(23,20-8-4-2-5-9-20)21-10-6-3-7-11-21/h2-12,14,16,18-19H,13,15H2,1H3/b17-16+. The number of allylic oxidation sites excluding steroid dienone is 1. The lowest BCUT2D eigenvalue weighted by Gasteiger charge is -2.42. The van der Waals surface area contributed by atoms with Crippen LogP contribution in [-0.2, 0) is 9.40 Å². The van der Waals surface area contributed by atoms with Gasteiger partial charge in [0.05, 0.1) is 6.04 Å². The minimum atomic E-state index is -2.88. The molecule has 1 aliphatic carbocycles. The summed E-state index contributed by atoms with van der Waals surface area (Å²) in [6.45, 7) is 1.99. The molecule has 0 amide bonds. The van der Waals surface area contributed by atoms with E-state index in [0.717, 1.165) is 29.1 Å². The van der Waals surface area contributed by atoms with Gasteiger partial charge in [0.1, 0.15) is 6.10 Å². The Bertz CT molecular complexity index is 801. The number of hydrogen-bond donors (Lipinski definition) is 0. The molecule has 1 fully saturated rings. The lowest BCUT2D eigenvalue weighted by molar-refractivity contribution is -0.209. The summed E-state index contributed by atoms with van der Waals surface area (Å²) in [6, 6.07) is 19.7. The lowest BCUT2D eigenvalue weighted by atomic mass is 9.98. The van der Waals surface area contributed by atoms with E-state index in [9.17, 15) is 4.57 Å². The number of hydroxylamine groups is 2. The first-order valence-electron chi connectivity index (χ1n) is 8.71. The van der Waals surface area contributed by atoms with Gasteiger partial charge in [-0.25, -0.2) is 0 Å². The summed E-state index contributed by atoms with van der Waals surface area (Å²) in [7, 11) is -2.88. The van der Waals surface area contributed by atoms with Gasteiger partial charge in [-0.15, -0.1) is 0 Å². The topological polar surface area (TPSA) is 29.5 Å². The lowest BCUT2D eigenvalue weighted by Crippen LogP contribution is -2.44. The smallest absolute Gasteiger partial charge is 0.165 e. The predicted octanol–water partition coefficient (Wildman–Crippen LogP) is 4.20. The molecule has 5 rings (SSSR count). The molecule has 0 spiro atoms. The molecule has 2 atom stereocenters. The molecule has 2 aromatic rings. The molecular weight excluding hydrogens is 329 g/mol. The maximum absolute atomic E-state index is 14.1. The number of fused-ring (bicyclic) bond motifs is 2. The maximum atomic E-state index is 14.1. The van der Waals surface area contributed by atoms with Gasteiger partial charge in [0.15, 0.2) is 7.14 Å². The van der Waals surface area contributed by atoms with Crippen molar-refractivity contribution in [2.75, 3.05) is 0 Å². The molecule has 2 unspecified atom stereocenters. The molecule has 0 aromatic heterocycles.